The van der Waals surface area contributed by atoms with Crippen LogP contribution in [0.1, 0.15) is 27.7 Å². The number of rotatable bonds is 7. The molecule has 0 fully saturated rings. The first kappa shape index (κ1) is 16.6. The van der Waals surface area contributed by atoms with Crippen molar-refractivity contribution in [2.24, 2.45) is 11.8 Å². The second-order valence-electron chi connectivity index (χ2n) is 4.18. The summed E-state index contributed by atoms with van der Waals surface area (Å²) in [5, 5.41) is 10.4. The maximum absolute atomic E-state index is 11.8. The minimum atomic E-state index is -1.68. The first-order valence-electron chi connectivity index (χ1n) is 6.04. The number of aliphatic hydroxyl groups is 1. The molecule has 18 heavy (non-hydrogen) atoms. The summed E-state index contributed by atoms with van der Waals surface area (Å²) in [6.07, 6.45) is 1.19. The van der Waals surface area contributed by atoms with Gasteiger partial charge in [-0.2, -0.15) is 0 Å². The topological polar surface area (TPSA) is 72.8 Å². The van der Waals surface area contributed by atoms with Gasteiger partial charge in [-0.3, -0.25) is 9.59 Å². The molecule has 0 heterocycles. The summed E-state index contributed by atoms with van der Waals surface area (Å²) < 4.78 is 9.64. The van der Waals surface area contributed by atoms with Crippen molar-refractivity contribution in [3.63, 3.8) is 0 Å². The van der Waals surface area contributed by atoms with Gasteiger partial charge in [0.15, 0.2) is 5.92 Å². The van der Waals surface area contributed by atoms with Crippen LogP contribution in [0.4, 0.5) is 0 Å². The Morgan fingerprint density at radius 1 is 1.22 bits per heavy atom. The van der Waals surface area contributed by atoms with Gasteiger partial charge in [0, 0.05) is 0 Å². The molecule has 0 saturated carbocycles. The average Bonchev–Trinajstić information content (AvgIpc) is 2.29. The molecule has 0 aliphatic carbocycles. The van der Waals surface area contributed by atoms with Crippen LogP contribution < -0.4 is 0 Å². The van der Waals surface area contributed by atoms with Crippen LogP contribution in [-0.4, -0.2) is 35.9 Å². The molecule has 5 nitrogen and oxygen atoms in total. The minimum absolute atomic E-state index is 0.125. The van der Waals surface area contributed by atoms with Gasteiger partial charge < -0.3 is 14.6 Å². The molecule has 0 radical (unpaired) electrons. The third-order valence-corrected chi connectivity index (χ3v) is 2.76. The van der Waals surface area contributed by atoms with Gasteiger partial charge in [0.25, 0.3) is 0 Å². The fraction of sp³-hybridized carbons (Fsp3) is 0.692. The highest BCUT2D eigenvalue weighted by atomic mass is 16.6. The lowest BCUT2D eigenvalue weighted by Gasteiger charge is -2.33. The Balaban J connectivity index is 5.37. The summed E-state index contributed by atoms with van der Waals surface area (Å²) in [6, 6.07) is 0. The summed E-state index contributed by atoms with van der Waals surface area (Å²) in [7, 11) is 0. The zero-order valence-electron chi connectivity index (χ0n) is 11.4. The van der Waals surface area contributed by atoms with Crippen LogP contribution in [0.2, 0.25) is 0 Å². The monoisotopic (exact) mass is 258 g/mol. The standard InChI is InChI=1S/C13H22O5/c1-6-13(16,9(4)5)10(11(14)17-7-2)12(15)18-8-3/h6,9-10,16H,1,7-8H2,2-5H3. The summed E-state index contributed by atoms with van der Waals surface area (Å²) in [5.74, 6) is -3.39. The van der Waals surface area contributed by atoms with Gasteiger partial charge in [-0.1, -0.05) is 19.9 Å². The fourth-order valence-electron chi connectivity index (χ4n) is 1.61. The highest BCUT2D eigenvalue weighted by Crippen LogP contribution is 2.30. The molecule has 0 rings (SSSR count). The van der Waals surface area contributed by atoms with Gasteiger partial charge in [0.1, 0.15) is 5.60 Å². The fourth-order valence-corrected chi connectivity index (χ4v) is 1.61. The largest absolute Gasteiger partial charge is 0.465 e. The van der Waals surface area contributed by atoms with E-state index in [0.29, 0.717) is 0 Å². The molecule has 5 heteroatoms. The summed E-state index contributed by atoms with van der Waals surface area (Å²) in [5.41, 5.74) is -1.68. The van der Waals surface area contributed by atoms with E-state index < -0.39 is 23.5 Å². The van der Waals surface area contributed by atoms with Crippen molar-refractivity contribution < 1.29 is 24.2 Å². The van der Waals surface area contributed by atoms with Crippen molar-refractivity contribution in [1.29, 1.82) is 0 Å². The van der Waals surface area contributed by atoms with Gasteiger partial charge >= 0.3 is 11.9 Å². The van der Waals surface area contributed by atoms with Gasteiger partial charge in [-0.15, -0.1) is 6.58 Å². The van der Waals surface area contributed by atoms with E-state index in [1.807, 2.05) is 0 Å². The predicted molar refractivity (Wildman–Crippen MR) is 66.7 cm³/mol. The molecular formula is C13H22O5. The maximum Gasteiger partial charge on any atom is 0.323 e. The molecule has 0 spiro atoms. The van der Waals surface area contributed by atoms with Crippen LogP contribution >= 0.6 is 0 Å². The first-order valence-corrected chi connectivity index (χ1v) is 6.04. The van der Waals surface area contributed by atoms with Crippen LogP contribution in [0.25, 0.3) is 0 Å². The molecule has 0 bridgehead atoms. The van der Waals surface area contributed by atoms with Crippen LogP contribution in [-0.2, 0) is 19.1 Å². The quantitative estimate of drug-likeness (QED) is 0.423. The van der Waals surface area contributed by atoms with Crippen molar-refractivity contribution in [2.45, 2.75) is 33.3 Å². The molecule has 0 aromatic carbocycles. The number of hydrogen-bond acceptors (Lipinski definition) is 5. The molecule has 0 aliphatic heterocycles. The number of carbonyl (C=O) groups excluding carboxylic acids is 2. The number of carbonyl (C=O) groups is 2. The summed E-state index contributed by atoms with van der Waals surface area (Å²) in [4.78, 5) is 23.7. The second-order valence-corrected chi connectivity index (χ2v) is 4.18. The van der Waals surface area contributed by atoms with E-state index in [1.165, 1.54) is 6.08 Å². The Labute approximate surface area is 108 Å². The van der Waals surface area contributed by atoms with Crippen molar-refractivity contribution in [2.75, 3.05) is 13.2 Å². The van der Waals surface area contributed by atoms with E-state index in [1.54, 1.807) is 27.7 Å². The van der Waals surface area contributed by atoms with Gasteiger partial charge in [0.2, 0.25) is 0 Å². The molecule has 0 aliphatic rings. The Bertz CT molecular complexity index is 293. The average molecular weight is 258 g/mol. The third kappa shape index (κ3) is 3.57. The Hall–Kier alpha value is -1.36. The first-order chi connectivity index (χ1) is 8.34. The van der Waals surface area contributed by atoms with Crippen LogP contribution in [0.3, 0.4) is 0 Å². The molecule has 1 atom stereocenters. The number of esters is 2. The third-order valence-electron chi connectivity index (χ3n) is 2.76. The van der Waals surface area contributed by atoms with Gasteiger partial charge in [-0.25, -0.2) is 0 Å². The normalized spacial score (nSPS) is 14.2. The Kier molecular flexibility index (Phi) is 6.62. The van der Waals surface area contributed by atoms with Crippen molar-refractivity contribution in [3.05, 3.63) is 12.7 Å². The molecule has 0 aromatic heterocycles. The zero-order valence-corrected chi connectivity index (χ0v) is 11.4. The van der Waals surface area contributed by atoms with Crippen LogP contribution in [0.5, 0.6) is 0 Å². The highest BCUT2D eigenvalue weighted by Gasteiger charge is 2.48. The van der Waals surface area contributed by atoms with E-state index >= 15 is 0 Å². The predicted octanol–water partition coefficient (Wildman–Crippen LogP) is 1.30. The highest BCUT2D eigenvalue weighted by molar-refractivity contribution is 5.96. The Morgan fingerprint density at radius 2 is 1.61 bits per heavy atom. The molecule has 1 unspecified atom stereocenters. The van der Waals surface area contributed by atoms with Crippen LogP contribution in [0, 0.1) is 11.8 Å². The number of ether oxygens (including phenoxy) is 2. The van der Waals surface area contributed by atoms with Crippen LogP contribution in [0.15, 0.2) is 12.7 Å². The lowest BCUT2D eigenvalue weighted by Crippen LogP contribution is -2.50. The molecule has 104 valence electrons. The van der Waals surface area contributed by atoms with Crippen molar-refractivity contribution in [1.82, 2.24) is 0 Å². The smallest absolute Gasteiger partial charge is 0.323 e. The summed E-state index contributed by atoms with van der Waals surface area (Å²) in [6.45, 7) is 10.4. The van der Waals surface area contributed by atoms with E-state index in [2.05, 4.69) is 6.58 Å². The van der Waals surface area contributed by atoms with E-state index in [0.717, 1.165) is 0 Å². The van der Waals surface area contributed by atoms with E-state index in [9.17, 15) is 14.7 Å². The maximum atomic E-state index is 11.8. The van der Waals surface area contributed by atoms with Crippen molar-refractivity contribution >= 4 is 11.9 Å². The minimum Gasteiger partial charge on any atom is -0.465 e. The summed E-state index contributed by atoms with van der Waals surface area (Å²) >= 11 is 0. The van der Waals surface area contributed by atoms with Crippen molar-refractivity contribution in [3.8, 4) is 0 Å². The van der Waals surface area contributed by atoms with Gasteiger partial charge in [-0.05, 0) is 19.8 Å². The lowest BCUT2D eigenvalue weighted by molar-refractivity contribution is -0.174. The molecule has 1 N–H and O–H groups in total. The SMILES string of the molecule is C=CC(O)(C(C)C)C(C(=O)OCC)C(=O)OCC. The second kappa shape index (κ2) is 7.16. The number of hydrogen-bond donors (Lipinski definition) is 1. The Morgan fingerprint density at radius 3 is 1.83 bits per heavy atom. The zero-order chi connectivity index (χ0) is 14.3. The van der Waals surface area contributed by atoms with Gasteiger partial charge in [0.05, 0.1) is 13.2 Å². The van der Waals surface area contributed by atoms with E-state index in [4.69, 9.17) is 9.47 Å². The lowest BCUT2D eigenvalue weighted by atomic mass is 9.78. The molecule has 0 amide bonds. The molecule has 0 saturated heterocycles. The molecule has 0 aromatic rings. The van der Waals surface area contributed by atoms with E-state index in [-0.39, 0.29) is 19.1 Å². The molecular weight excluding hydrogens is 236 g/mol.